The number of halogens is 4. The zero-order chi connectivity index (χ0) is 15.3. The molecular formula is C12H13F4NO3. The van der Waals surface area contributed by atoms with Gasteiger partial charge in [0.2, 0.25) is 0 Å². The minimum absolute atomic E-state index is 0.00798. The van der Waals surface area contributed by atoms with Crippen molar-refractivity contribution in [3.05, 3.63) is 30.2 Å². The minimum Gasteiger partial charge on any atom is -0.494 e. The lowest BCUT2D eigenvalue weighted by atomic mass is 10.2. The summed E-state index contributed by atoms with van der Waals surface area (Å²) in [6.07, 6.45) is -6.43. The molecule has 1 aromatic rings. The Labute approximate surface area is 112 Å². The van der Waals surface area contributed by atoms with E-state index in [2.05, 4.69) is 16.3 Å². The molecule has 0 aromatic carbocycles. The Hall–Kier alpha value is -1.83. The van der Waals surface area contributed by atoms with Gasteiger partial charge in [0.1, 0.15) is 12.4 Å². The number of nitrogens with zero attached hydrogens (tertiary/aromatic N) is 1. The van der Waals surface area contributed by atoms with Crippen molar-refractivity contribution in [1.82, 2.24) is 4.98 Å². The third kappa shape index (κ3) is 4.09. The van der Waals surface area contributed by atoms with E-state index in [1.54, 1.807) is 6.92 Å². The highest BCUT2D eigenvalue weighted by atomic mass is 19.4. The lowest BCUT2D eigenvalue weighted by molar-refractivity contribution is -0.211. The fourth-order valence-electron chi connectivity index (χ4n) is 1.24. The van der Waals surface area contributed by atoms with Gasteiger partial charge in [0.05, 0.1) is 12.2 Å². The van der Waals surface area contributed by atoms with Crippen molar-refractivity contribution >= 4 is 5.76 Å². The average molecular weight is 295 g/mol. The van der Waals surface area contributed by atoms with Gasteiger partial charge in [-0.3, -0.25) is 0 Å². The van der Waals surface area contributed by atoms with Gasteiger partial charge in [-0.25, -0.2) is 9.37 Å². The molecule has 20 heavy (non-hydrogen) atoms. The van der Waals surface area contributed by atoms with Crippen molar-refractivity contribution in [2.45, 2.75) is 19.2 Å². The summed E-state index contributed by atoms with van der Waals surface area (Å²) >= 11 is 0. The smallest absolute Gasteiger partial charge is 0.417 e. The van der Waals surface area contributed by atoms with Crippen LogP contribution in [0.2, 0.25) is 0 Å². The molecule has 4 nitrogen and oxygen atoms in total. The van der Waals surface area contributed by atoms with Crippen molar-refractivity contribution in [1.29, 1.82) is 0 Å². The molecule has 0 saturated carbocycles. The number of hydrogen-bond acceptors (Lipinski definition) is 4. The Balaban J connectivity index is 2.82. The maximum Gasteiger partial charge on any atom is 0.417 e. The third-order valence-electron chi connectivity index (χ3n) is 2.23. The van der Waals surface area contributed by atoms with Crippen LogP contribution in [0, 0.1) is 5.82 Å². The Morgan fingerprint density at radius 3 is 2.70 bits per heavy atom. The summed E-state index contributed by atoms with van der Waals surface area (Å²) in [7, 11) is 0. The van der Waals surface area contributed by atoms with E-state index in [9.17, 15) is 17.6 Å². The van der Waals surface area contributed by atoms with E-state index in [0.29, 0.717) is 0 Å². The van der Waals surface area contributed by atoms with Gasteiger partial charge in [-0.1, -0.05) is 6.58 Å². The number of aromatic nitrogens is 1. The predicted octanol–water partition coefficient (Wildman–Crippen LogP) is 2.53. The van der Waals surface area contributed by atoms with E-state index < -0.39 is 30.6 Å². The highest BCUT2D eigenvalue weighted by Crippen LogP contribution is 2.25. The van der Waals surface area contributed by atoms with Gasteiger partial charge in [-0.05, 0) is 13.0 Å². The number of hydrogen-bond donors (Lipinski definition) is 1. The molecule has 0 radical (unpaired) electrons. The molecule has 0 amide bonds. The number of pyridine rings is 1. The van der Waals surface area contributed by atoms with E-state index in [4.69, 9.17) is 9.84 Å². The van der Waals surface area contributed by atoms with Gasteiger partial charge in [0.25, 0.3) is 5.88 Å². The first-order chi connectivity index (χ1) is 9.27. The number of aliphatic hydroxyl groups excluding tert-OH is 1. The van der Waals surface area contributed by atoms with E-state index in [0.717, 1.165) is 6.20 Å². The van der Waals surface area contributed by atoms with E-state index in [1.165, 1.54) is 6.07 Å². The van der Waals surface area contributed by atoms with Gasteiger partial charge in [-0.2, -0.15) is 13.2 Å². The van der Waals surface area contributed by atoms with Crippen LogP contribution in [-0.4, -0.2) is 35.6 Å². The van der Waals surface area contributed by atoms with Crippen LogP contribution in [0.5, 0.6) is 5.88 Å². The van der Waals surface area contributed by atoms with Crippen LogP contribution in [0.15, 0.2) is 18.8 Å². The molecule has 1 atom stereocenters. The molecule has 1 heterocycles. The topological polar surface area (TPSA) is 51.6 Å². The Bertz CT molecular complexity index is 476. The number of alkyl halides is 3. The fourth-order valence-corrected chi connectivity index (χ4v) is 1.24. The molecule has 8 heteroatoms. The summed E-state index contributed by atoms with van der Waals surface area (Å²) in [5.41, 5.74) is -0.0710. The van der Waals surface area contributed by atoms with Gasteiger partial charge < -0.3 is 14.6 Å². The average Bonchev–Trinajstić information content (AvgIpc) is 2.36. The summed E-state index contributed by atoms with van der Waals surface area (Å²) in [4.78, 5) is 3.46. The van der Waals surface area contributed by atoms with E-state index in [-0.39, 0.29) is 17.9 Å². The molecule has 1 N–H and O–H groups in total. The van der Waals surface area contributed by atoms with Crippen molar-refractivity contribution in [2.24, 2.45) is 0 Å². The predicted molar refractivity (Wildman–Crippen MR) is 62.4 cm³/mol. The maximum absolute atomic E-state index is 13.9. The van der Waals surface area contributed by atoms with Crippen molar-refractivity contribution in [3.63, 3.8) is 0 Å². The quantitative estimate of drug-likeness (QED) is 0.647. The second-order valence-electron chi connectivity index (χ2n) is 3.70. The summed E-state index contributed by atoms with van der Waals surface area (Å²) in [6, 6.07) is 1.25. The van der Waals surface area contributed by atoms with Crippen LogP contribution in [0.1, 0.15) is 12.5 Å². The van der Waals surface area contributed by atoms with Crippen LogP contribution in [-0.2, 0) is 4.74 Å². The standard InChI is InChI=1S/C12H13F4NO3/c1-3-19-7(2)8-4-5-17-11(10(8)13)20-6-9(18)12(14,15)16/h4-5,9,18H,2-3,6H2,1H3. The van der Waals surface area contributed by atoms with Crippen LogP contribution < -0.4 is 4.74 Å². The molecule has 0 aliphatic carbocycles. The number of aliphatic hydroxyl groups is 1. The minimum atomic E-state index is -4.84. The maximum atomic E-state index is 13.9. The highest BCUT2D eigenvalue weighted by Gasteiger charge is 2.39. The molecule has 0 saturated heterocycles. The van der Waals surface area contributed by atoms with Crippen LogP contribution in [0.4, 0.5) is 17.6 Å². The molecule has 0 spiro atoms. The first-order valence-corrected chi connectivity index (χ1v) is 5.61. The normalized spacial score (nSPS) is 12.9. The summed E-state index contributed by atoms with van der Waals surface area (Å²) in [5.74, 6) is -1.65. The largest absolute Gasteiger partial charge is 0.494 e. The molecule has 1 aromatic heterocycles. The first kappa shape index (κ1) is 16.2. The molecular weight excluding hydrogens is 282 g/mol. The second-order valence-corrected chi connectivity index (χ2v) is 3.70. The van der Waals surface area contributed by atoms with Gasteiger partial charge >= 0.3 is 6.18 Å². The SMILES string of the molecule is C=C(OCC)c1ccnc(OCC(O)C(F)(F)F)c1F. The van der Waals surface area contributed by atoms with Crippen LogP contribution >= 0.6 is 0 Å². The highest BCUT2D eigenvalue weighted by molar-refractivity contribution is 5.58. The van der Waals surface area contributed by atoms with Gasteiger partial charge in [0, 0.05) is 6.20 Å². The Kier molecular flexibility index (Phi) is 5.32. The van der Waals surface area contributed by atoms with Gasteiger partial charge in [0.15, 0.2) is 11.9 Å². The van der Waals surface area contributed by atoms with Crippen molar-refractivity contribution in [2.75, 3.05) is 13.2 Å². The molecule has 0 aliphatic rings. The summed E-state index contributed by atoms with van der Waals surface area (Å²) in [5, 5.41) is 8.76. The molecule has 0 bridgehead atoms. The monoisotopic (exact) mass is 295 g/mol. The van der Waals surface area contributed by atoms with Crippen LogP contribution in [0.3, 0.4) is 0 Å². The second kappa shape index (κ2) is 6.56. The van der Waals surface area contributed by atoms with Crippen molar-refractivity contribution < 1.29 is 32.1 Å². The lowest BCUT2D eigenvalue weighted by Crippen LogP contribution is -2.34. The molecule has 0 fully saturated rings. The van der Waals surface area contributed by atoms with Gasteiger partial charge in [-0.15, -0.1) is 0 Å². The molecule has 112 valence electrons. The summed E-state index contributed by atoms with van der Waals surface area (Å²) in [6.45, 7) is 4.24. The third-order valence-corrected chi connectivity index (χ3v) is 2.23. The zero-order valence-electron chi connectivity index (χ0n) is 10.6. The lowest BCUT2D eigenvalue weighted by Gasteiger charge is -2.16. The molecule has 1 rings (SSSR count). The zero-order valence-corrected chi connectivity index (χ0v) is 10.6. The summed E-state index contributed by atoms with van der Waals surface area (Å²) < 4.78 is 59.7. The Morgan fingerprint density at radius 2 is 2.15 bits per heavy atom. The number of rotatable bonds is 6. The van der Waals surface area contributed by atoms with Crippen LogP contribution in [0.25, 0.3) is 5.76 Å². The molecule has 1 unspecified atom stereocenters. The van der Waals surface area contributed by atoms with Crippen molar-refractivity contribution in [3.8, 4) is 5.88 Å². The van der Waals surface area contributed by atoms with E-state index >= 15 is 0 Å². The first-order valence-electron chi connectivity index (χ1n) is 5.61. The molecule has 0 aliphatic heterocycles. The fraction of sp³-hybridized carbons (Fsp3) is 0.417. The Morgan fingerprint density at radius 1 is 1.50 bits per heavy atom. The van der Waals surface area contributed by atoms with E-state index in [1.807, 2.05) is 0 Å². The number of ether oxygens (including phenoxy) is 2.